The largest absolute Gasteiger partial charge is 0.493 e. The number of nitrogens with zero attached hydrogens (tertiary/aromatic N) is 4. The second-order valence-electron chi connectivity index (χ2n) is 5.74. The van der Waals surface area contributed by atoms with Gasteiger partial charge in [0.25, 0.3) is 5.88 Å². The summed E-state index contributed by atoms with van der Waals surface area (Å²) in [6.07, 6.45) is 1.72. The molecule has 0 saturated carbocycles. The van der Waals surface area contributed by atoms with E-state index < -0.39 is 11.9 Å². The van der Waals surface area contributed by atoms with Gasteiger partial charge in [-0.3, -0.25) is 4.79 Å². The van der Waals surface area contributed by atoms with Crippen LogP contribution in [0.15, 0.2) is 42.7 Å². The highest BCUT2D eigenvalue weighted by Gasteiger charge is 2.22. The minimum atomic E-state index is -1.33. The fourth-order valence-electron chi connectivity index (χ4n) is 2.19. The second-order valence-corrected chi connectivity index (χ2v) is 6.09. The molecule has 29 heavy (non-hydrogen) atoms. The maximum atomic E-state index is 11.3. The molecular formula is C19H17ClN4O5. The van der Waals surface area contributed by atoms with E-state index in [1.165, 1.54) is 26.4 Å². The third-order valence-electron chi connectivity index (χ3n) is 3.69. The lowest BCUT2D eigenvalue weighted by Crippen LogP contribution is -2.25. The molecule has 0 fully saturated rings. The lowest BCUT2D eigenvalue weighted by Gasteiger charge is -2.16. The minimum absolute atomic E-state index is 0.00778. The number of benzene rings is 1. The van der Waals surface area contributed by atoms with E-state index in [1.54, 1.807) is 30.3 Å². The van der Waals surface area contributed by atoms with E-state index in [9.17, 15) is 9.90 Å². The number of rotatable bonds is 8. The van der Waals surface area contributed by atoms with Gasteiger partial charge in [-0.15, -0.1) is 0 Å². The number of ether oxygens (including phenoxy) is 3. The fourth-order valence-corrected chi connectivity index (χ4v) is 2.39. The van der Waals surface area contributed by atoms with Gasteiger partial charge in [0.15, 0.2) is 28.3 Å². The summed E-state index contributed by atoms with van der Waals surface area (Å²) >= 11 is 6.33. The first-order chi connectivity index (χ1) is 14.0. The normalized spacial score (nSPS) is 11.6. The Morgan fingerprint density at radius 2 is 1.79 bits per heavy atom. The first-order valence-electron chi connectivity index (χ1n) is 8.46. The summed E-state index contributed by atoms with van der Waals surface area (Å²) in [5.74, 6) is 0.564. The van der Waals surface area contributed by atoms with Gasteiger partial charge in [0.05, 0.1) is 7.11 Å². The van der Waals surface area contributed by atoms with Gasteiger partial charge >= 0.3 is 0 Å². The molecule has 0 amide bonds. The van der Waals surface area contributed by atoms with Crippen molar-refractivity contribution in [3.8, 4) is 34.8 Å². The number of para-hydroxylation sites is 2. The van der Waals surface area contributed by atoms with Gasteiger partial charge in [-0.25, -0.2) is 15.0 Å². The molecule has 150 valence electrons. The maximum absolute atomic E-state index is 11.3. The average Bonchev–Trinajstić information content (AvgIpc) is 2.74. The molecule has 1 N–H and O–H groups in total. The number of aromatic nitrogens is 4. The summed E-state index contributed by atoms with van der Waals surface area (Å²) in [6, 6.07) is 8.54. The number of carbonyl (C=O) groups is 1. The first-order valence-corrected chi connectivity index (χ1v) is 8.84. The molecule has 1 aromatic carbocycles. The SMILES string of the molecule is COc1ccccc1Oc1c(Cl)nc(-c2ncccn2)nc1OCC(O)C(C)=O. The molecule has 0 aliphatic heterocycles. The zero-order valence-electron chi connectivity index (χ0n) is 15.6. The van der Waals surface area contributed by atoms with Gasteiger partial charge in [-0.2, -0.15) is 4.98 Å². The van der Waals surface area contributed by atoms with Gasteiger partial charge in [0.2, 0.25) is 11.6 Å². The Hall–Kier alpha value is -3.30. The first kappa shape index (κ1) is 20.4. The van der Waals surface area contributed by atoms with E-state index in [0.29, 0.717) is 11.5 Å². The van der Waals surface area contributed by atoms with Crippen molar-refractivity contribution in [2.45, 2.75) is 13.0 Å². The van der Waals surface area contributed by atoms with Crippen LogP contribution in [0.5, 0.6) is 23.1 Å². The van der Waals surface area contributed by atoms with Crippen LogP contribution < -0.4 is 14.2 Å². The van der Waals surface area contributed by atoms with Crippen molar-refractivity contribution in [3.63, 3.8) is 0 Å². The number of methoxy groups -OCH3 is 1. The quantitative estimate of drug-likeness (QED) is 0.553. The summed E-state index contributed by atoms with van der Waals surface area (Å²) < 4.78 is 16.6. The van der Waals surface area contributed by atoms with Gasteiger partial charge in [0, 0.05) is 12.4 Å². The van der Waals surface area contributed by atoms with Crippen LogP contribution >= 0.6 is 11.6 Å². The van der Waals surface area contributed by atoms with Crippen LogP contribution in [-0.2, 0) is 4.79 Å². The second kappa shape index (κ2) is 9.26. The third kappa shape index (κ3) is 4.95. The molecule has 1 atom stereocenters. The maximum Gasteiger partial charge on any atom is 0.263 e. The zero-order valence-corrected chi connectivity index (χ0v) is 16.3. The smallest absolute Gasteiger partial charge is 0.263 e. The molecule has 2 heterocycles. The molecule has 0 saturated heterocycles. The lowest BCUT2D eigenvalue weighted by atomic mass is 10.3. The Morgan fingerprint density at radius 1 is 1.10 bits per heavy atom. The summed E-state index contributed by atoms with van der Waals surface area (Å²) in [4.78, 5) is 27.9. The third-order valence-corrected chi connectivity index (χ3v) is 3.94. The number of carbonyl (C=O) groups excluding carboxylic acids is 1. The molecule has 3 rings (SSSR count). The van der Waals surface area contributed by atoms with E-state index in [-0.39, 0.29) is 35.0 Å². The Labute approximate surface area is 171 Å². The number of hydrogen-bond acceptors (Lipinski definition) is 9. The van der Waals surface area contributed by atoms with E-state index in [4.69, 9.17) is 25.8 Å². The molecule has 0 aliphatic rings. The lowest BCUT2D eigenvalue weighted by molar-refractivity contribution is -0.126. The zero-order chi connectivity index (χ0) is 20.8. The summed E-state index contributed by atoms with van der Waals surface area (Å²) in [7, 11) is 1.50. The molecule has 0 aliphatic carbocycles. The van der Waals surface area contributed by atoms with Crippen molar-refractivity contribution in [1.29, 1.82) is 0 Å². The molecule has 0 radical (unpaired) electrons. The highest BCUT2D eigenvalue weighted by molar-refractivity contribution is 6.31. The summed E-state index contributed by atoms with van der Waals surface area (Å²) in [5, 5.41) is 9.70. The van der Waals surface area contributed by atoms with Crippen LogP contribution in [0.4, 0.5) is 0 Å². The average molecular weight is 417 g/mol. The molecule has 2 aromatic heterocycles. The predicted molar refractivity (Wildman–Crippen MR) is 103 cm³/mol. The topological polar surface area (TPSA) is 117 Å². The number of ketones is 1. The van der Waals surface area contributed by atoms with Crippen molar-refractivity contribution in [2.24, 2.45) is 0 Å². The van der Waals surface area contributed by atoms with E-state index in [2.05, 4.69) is 19.9 Å². The Morgan fingerprint density at radius 3 is 2.45 bits per heavy atom. The van der Waals surface area contributed by atoms with Gasteiger partial charge in [-0.05, 0) is 25.1 Å². The molecule has 0 bridgehead atoms. The Kier molecular flexibility index (Phi) is 6.53. The summed E-state index contributed by atoms with van der Waals surface area (Å²) in [5.41, 5.74) is 0. The molecule has 3 aromatic rings. The van der Waals surface area contributed by atoms with E-state index >= 15 is 0 Å². The van der Waals surface area contributed by atoms with E-state index in [0.717, 1.165) is 0 Å². The molecule has 1 unspecified atom stereocenters. The van der Waals surface area contributed by atoms with Crippen molar-refractivity contribution in [2.75, 3.05) is 13.7 Å². The highest BCUT2D eigenvalue weighted by Crippen LogP contribution is 2.40. The van der Waals surface area contributed by atoms with Crippen molar-refractivity contribution in [3.05, 3.63) is 47.9 Å². The van der Waals surface area contributed by atoms with Crippen molar-refractivity contribution >= 4 is 17.4 Å². The van der Waals surface area contributed by atoms with Crippen LogP contribution in [0, 0.1) is 0 Å². The number of aliphatic hydroxyl groups is 1. The number of aliphatic hydroxyl groups excluding tert-OH is 1. The number of hydrogen-bond donors (Lipinski definition) is 1. The molecule has 10 heteroatoms. The van der Waals surface area contributed by atoms with Crippen molar-refractivity contribution in [1.82, 2.24) is 19.9 Å². The van der Waals surface area contributed by atoms with Crippen molar-refractivity contribution < 1.29 is 24.1 Å². The minimum Gasteiger partial charge on any atom is -0.493 e. The monoisotopic (exact) mass is 416 g/mol. The van der Waals surface area contributed by atoms with Crippen LogP contribution in [0.3, 0.4) is 0 Å². The Balaban J connectivity index is 2.02. The van der Waals surface area contributed by atoms with Crippen LogP contribution in [-0.4, -0.2) is 50.6 Å². The standard InChI is InChI=1S/C19H17ClN4O5/c1-11(25)12(26)10-28-19-15(29-14-7-4-3-6-13(14)27-2)16(20)23-18(24-19)17-21-8-5-9-22-17/h3-9,12,26H,10H2,1-2H3. The van der Waals surface area contributed by atoms with Crippen LogP contribution in [0.2, 0.25) is 5.15 Å². The van der Waals surface area contributed by atoms with Gasteiger partial charge < -0.3 is 19.3 Å². The fraction of sp³-hybridized carbons (Fsp3) is 0.211. The summed E-state index contributed by atoms with van der Waals surface area (Å²) in [6.45, 7) is 0.899. The van der Waals surface area contributed by atoms with Crippen LogP contribution in [0.1, 0.15) is 6.92 Å². The number of Topliss-reactive ketones (excluding diaryl/α,β-unsaturated/α-hetero) is 1. The predicted octanol–water partition coefficient (Wildman–Crippen LogP) is 2.72. The molecule has 9 nitrogen and oxygen atoms in total. The molecular weight excluding hydrogens is 400 g/mol. The van der Waals surface area contributed by atoms with Crippen LogP contribution in [0.25, 0.3) is 11.6 Å². The Bertz CT molecular complexity index is 1000. The molecule has 0 spiro atoms. The number of halogens is 1. The highest BCUT2D eigenvalue weighted by atomic mass is 35.5. The van der Waals surface area contributed by atoms with Gasteiger partial charge in [0.1, 0.15) is 12.7 Å². The van der Waals surface area contributed by atoms with E-state index in [1.807, 2.05) is 0 Å². The van der Waals surface area contributed by atoms with Gasteiger partial charge in [-0.1, -0.05) is 23.7 Å².